The Morgan fingerprint density at radius 3 is 2.78 bits per heavy atom. The lowest BCUT2D eigenvalue weighted by Crippen LogP contribution is -2.21. The van der Waals surface area contributed by atoms with Crippen molar-refractivity contribution in [3.63, 3.8) is 0 Å². The van der Waals surface area contributed by atoms with Gasteiger partial charge < -0.3 is 4.57 Å². The normalized spacial score (nSPS) is 14.2. The minimum absolute atomic E-state index is 0.0492. The molecule has 0 N–H and O–H groups in total. The number of aryl methyl sites for hydroxylation is 4. The first-order valence-corrected chi connectivity index (χ1v) is 12.1. The molecule has 5 nitrogen and oxygen atoms in total. The molecule has 0 fully saturated rings. The third kappa shape index (κ3) is 2.86. The summed E-state index contributed by atoms with van der Waals surface area (Å²) in [5.74, 6) is 0.626. The van der Waals surface area contributed by atoms with E-state index in [1.165, 1.54) is 43.3 Å². The molecule has 0 bridgehead atoms. The summed E-state index contributed by atoms with van der Waals surface area (Å²) in [6.07, 6.45) is 6.14. The maximum Gasteiger partial charge on any atom is 0.283 e. The van der Waals surface area contributed by atoms with E-state index in [-0.39, 0.29) is 5.56 Å². The highest BCUT2D eigenvalue weighted by Crippen LogP contribution is 2.34. The SMILES string of the molecule is CCn1c2ccccc2c2cc(C=Nn3c(C)nc4sc5c(c4c3=O)CCCC5)ccc21. The van der Waals surface area contributed by atoms with Gasteiger partial charge in [0, 0.05) is 33.2 Å². The molecule has 3 aromatic heterocycles. The maximum atomic E-state index is 13.3. The third-order valence-corrected chi connectivity index (χ3v) is 7.75. The third-order valence-electron chi connectivity index (χ3n) is 6.56. The molecule has 1 aliphatic rings. The summed E-state index contributed by atoms with van der Waals surface area (Å²) in [7, 11) is 0. The van der Waals surface area contributed by atoms with Crippen molar-refractivity contribution in [1.82, 2.24) is 14.2 Å². The van der Waals surface area contributed by atoms with Gasteiger partial charge in [-0.05, 0) is 68.9 Å². The Balaban J connectivity index is 1.47. The molecule has 0 aliphatic heterocycles. The number of para-hydroxylation sites is 1. The molecule has 6 rings (SSSR count). The molecule has 1 aliphatic carbocycles. The highest BCUT2D eigenvalue weighted by Gasteiger charge is 2.21. The Hall–Kier alpha value is -3.25. The van der Waals surface area contributed by atoms with E-state index < -0.39 is 0 Å². The van der Waals surface area contributed by atoms with Crippen LogP contribution in [-0.4, -0.2) is 20.4 Å². The number of thiophene rings is 1. The van der Waals surface area contributed by atoms with Crippen molar-refractivity contribution < 1.29 is 0 Å². The van der Waals surface area contributed by atoms with Gasteiger partial charge in [-0.2, -0.15) is 9.78 Å². The van der Waals surface area contributed by atoms with Crippen molar-refractivity contribution in [1.29, 1.82) is 0 Å². The smallest absolute Gasteiger partial charge is 0.283 e. The van der Waals surface area contributed by atoms with Crippen molar-refractivity contribution in [2.75, 3.05) is 0 Å². The van der Waals surface area contributed by atoms with Crippen LogP contribution in [0.4, 0.5) is 0 Å². The van der Waals surface area contributed by atoms with Crippen LogP contribution in [0.1, 0.15) is 41.6 Å². The summed E-state index contributed by atoms with van der Waals surface area (Å²) in [5, 5.41) is 7.80. The molecule has 160 valence electrons. The number of fused-ring (bicyclic) bond motifs is 6. The second-order valence-electron chi connectivity index (χ2n) is 8.45. The van der Waals surface area contributed by atoms with Crippen molar-refractivity contribution in [3.05, 3.63) is 74.6 Å². The predicted molar refractivity (Wildman–Crippen MR) is 133 cm³/mol. The van der Waals surface area contributed by atoms with Gasteiger partial charge in [-0.1, -0.05) is 24.3 Å². The standard InChI is InChI=1S/C26H24N4OS/c1-3-29-21-10-6-4-8-18(21)20-14-17(12-13-22(20)29)15-27-30-16(2)28-25-24(26(30)31)19-9-5-7-11-23(19)32-25/h4,6,8,10,12-15H,3,5,7,9,11H2,1-2H3. The number of benzene rings is 2. The summed E-state index contributed by atoms with van der Waals surface area (Å²) in [5.41, 5.74) is 4.57. The van der Waals surface area contributed by atoms with Gasteiger partial charge >= 0.3 is 0 Å². The second-order valence-corrected chi connectivity index (χ2v) is 9.53. The molecule has 0 amide bonds. The van der Waals surface area contributed by atoms with Crippen LogP contribution < -0.4 is 5.56 Å². The van der Waals surface area contributed by atoms with Gasteiger partial charge in [-0.15, -0.1) is 11.3 Å². The molecule has 3 heterocycles. The Morgan fingerprint density at radius 1 is 1.09 bits per heavy atom. The molecule has 32 heavy (non-hydrogen) atoms. The maximum absolute atomic E-state index is 13.3. The van der Waals surface area contributed by atoms with Crippen LogP contribution in [0.3, 0.4) is 0 Å². The van der Waals surface area contributed by atoms with E-state index in [9.17, 15) is 4.79 Å². The minimum atomic E-state index is -0.0492. The fraction of sp³-hybridized carbons (Fsp3) is 0.269. The van der Waals surface area contributed by atoms with E-state index in [4.69, 9.17) is 4.98 Å². The zero-order valence-corrected chi connectivity index (χ0v) is 19.1. The quantitative estimate of drug-likeness (QED) is 0.340. The van der Waals surface area contributed by atoms with Gasteiger partial charge in [0.05, 0.1) is 11.6 Å². The van der Waals surface area contributed by atoms with E-state index in [1.807, 2.05) is 6.92 Å². The van der Waals surface area contributed by atoms with Crippen LogP contribution in [0.25, 0.3) is 32.0 Å². The fourth-order valence-corrected chi connectivity index (χ4v) is 6.35. The number of rotatable bonds is 3. The average Bonchev–Trinajstić information content (AvgIpc) is 3.33. The zero-order chi connectivity index (χ0) is 21.8. The summed E-state index contributed by atoms with van der Waals surface area (Å²) < 4.78 is 3.79. The lowest BCUT2D eigenvalue weighted by Gasteiger charge is -2.10. The molecular weight excluding hydrogens is 416 g/mol. The topological polar surface area (TPSA) is 52.2 Å². The van der Waals surface area contributed by atoms with Crippen LogP contribution in [0, 0.1) is 6.92 Å². The van der Waals surface area contributed by atoms with E-state index in [0.29, 0.717) is 5.82 Å². The van der Waals surface area contributed by atoms with E-state index >= 15 is 0 Å². The van der Waals surface area contributed by atoms with Gasteiger partial charge in [0.2, 0.25) is 0 Å². The van der Waals surface area contributed by atoms with Gasteiger partial charge in [-0.3, -0.25) is 4.79 Å². The van der Waals surface area contributed by atoms with Crippen molar-refractivity contribution in [3.8, 4) is 0 Å². The number of hydrogen-bond donors (Lipinski definition) is 0. The second kappa shape index (κ2) is 7.41. The number of nitrogens with zero attached hydrogens (tertiary/aromatic N) is 4. The van der Waals surface area contributed by atoms with Crippen LogP contribution in [-0.2, 0) is 19.4 Å². The van der Waals surface area contributed by atoms with Gasteiger partial charge in [0.15, 0.2) is 0 Å². The van der Waals surface area contributed by atoms with Gasteiger partial charge in [0.25, 0.3) is 5.56 Å². The Morgan fingerprint density at radius 2 is 1.91 bits per heavy atom. The molecule has 0 radical (unpaired) electrons. The van der Waals surface area contributed by atoms with E-state index in [1.54, 1.807) is 17.6 Å². The average molecular weight is 441 g/mol. The lowest BCUT2D eigenvalue weighted by molar-refractivity contribution is 0.698. The van der Waals surface area contributed by atoms with E-state index in [0.717, 1.165) is 41.6 Å². The number of hydrogen-bond acceptors (Lipinski definition) is 4. The largest absolute Gasteiger partial charge is 0.341 e. The molecule has 0 unspecified atom stereocenters. The van der Waals surface area contributed by atoms with Gasteiger partial charge in [0.1, 0.15) is 10.7 Å². The van der Waals surface area contributed by atoms with Crippen molar-refractivity contribution >= 4 is 49.6 Å². The summed E-state index contributed by atoms with van der Waals surface area (Å²) in [6.45, 7) is 4.94. The Kier molecular flexibility index (Phi) is 4.50. The molecule has 0 spiro atoms. The zero-order valence-electron chi connectivity index (χ0n) is 18.3. The molecule has 0 saturated heterocycles. The summed E-state index contributed by atoms with van der Waals surface area (Å²) in [6, 6.07) is 14.9. The van der Waals surface area contributed by atoms with E-state index in [2.05, 4.69) is 59.1 Å². The van der Waals surface area contributed by atoms with Crippen molar-refractivity contribution in [2.45, 2.75) is 46.1 Å². The molecular formula is C26H24N4OS. The highest BCUT2D eigenvalue weighted by molar-refractivity contribution is 7.18. The Bertz CT molecular complexity index is 1600. The van der Waals surface area contributed by atoms with Gasteiger partial charge in [-0.25, -0.2) is 4.98 Å². The molecule has 6 heteroatoms. The first-order chi connectivity index (χ1) is 15.7. The number of aromatic nitrogens is 3. The molecule has 0 atom stereocenters. The van der Waals surface area contributed by atoms with Crippen LogP contribution >= 0.6 is 11.3 Å². The first-order valence-electron chi connectivity index (χ1n) is 11.2. The van der Waals surface area contributed by atoms with Crippen LogP contribution in [0.5, 0.6) is 0 Å². The lowest BCUT2D eigenvalue weighted by atomic mass is 9.97. The monoisotopic (exact) mass is 440 g/mol. The molecule has 2 aromatic carbocycles. The van der Waals surface area contributed by atoms with Crippen LogP contribution in [0.15, 0.2) is 52.4 Å². The summed E-state index contributed by atoms with van der Waals surface area (Å²) >= 11 is 1.68. The fourth-order valence-electron chi connectivity index (χ4n) is 5.05. The highest BCUT2D eigenvalue weighted by atomic mass is 32.1. The Labute approximate surface area is 189 Å². The first kappa shape index (κ1) is 19.4. The van der Waals surface area contributed by atoms with Crippen LogP contribution in [0.2, 0.25) is 0 Å². The summed E-state index contributed by atoms with van der Waals surface area (Å²) in [4.78, 5) is 20.3. The minimum Gasteiger partial charge on any atom is -0.341 e. The predicted octanol–water partition coefficient (Wildman–Crippen LogP) is 5.66. The molecule has 0 saturated carbocycles. The van der Waals surface area contributed by atoms with Crippen molar-refractivity contribution in [2.24, 2.45) is 5.10 Å². The molecule has 5 aromatic rings.